The Hall–Kier alpha value is -1.13. The first-order chi connectivity index (χ1) is 9.02. The third-order valence-corrected chi connectivity index (χ3v) is 3.85. The smallest absolute Gasteiger partial charge is 0.126 e. The van der Waals surface area contributed by atoms with Gasteiger partial charge in [-0.3, -0.25) is 0 Å². The molecule has 106 valence electrons. The summed E-state index contributed by atoms with van der Waals surface area (Å²) in [5.74, 6) is -0.184. The molecule has 2 N–H and O–H groups in total. The lowest BCUT2D eigenvalue weighted by molar-refractivity contribution is 0.0893. The molecule has 2 atom stereocenters. The third kappa shape index (κ3) is 3.07. The lowest BCUT2D eigenvalue weighted by Crippen LogP contribution is -2.40. The largest absolute Gasteiger partial charge is 0.380 e. The second-order valence-electron chi connectivity index (χ2n) is 5.39. The van der Waals surface area contributed by atoms with Crippen LogP contribution in [0.5, 0.6) is 0 Å². The van der Waals surface area contributed by atoms with E-state index < -0.39 is 0 Å². The Kier molecular flexibility index (Phi) is 4.42. The fraction of sp³-hybridized carbons (Fsp3) is 0.600. The first-order valence-electron chi connectivity index (χ1n) is 6.86. The highest BCUT2D eigenvalue weighted by molar-refractivity contribution is 5.57. The molecule has 1 aliphatic heterocycles. The van der Waals surface area contributed by atoms with Gasteiger partial charge in [-0.05, 0) is 49.9 Å². The maximum Gasteiger partial charge on any atom is 0.126 e. The highest BCUT2D eigenvalue weighted by Gasteiger charge is 2.23. The molecule has 1 fully saturated rings. The zero-order chi connectivity index (χ0) is 14.0. The summed E-state index contributed by atoms with van der Waals surface area (Å²) in [7, 11) is 1.75. The number of piperidine rings is 1. The Labute approximate surface area is 114 Å². The van der Waals surface area contributed by atoms with Gasteiger partial charge >= 0.3 is 0 Å². The lowest BCUT2D eigenvalue weighted by atomic mass is 10.00. The molecule has 0 amide bonds. The van der Waals surface area contributed by atoms with Gasteiger partial charge in [0.25, 0.3) is 0 Å². The lowest BCUT2D eigenvalue weighted by Gasteiger charge is -2.35. The molecule has 1 aromatic carbocycles. The normalized spacial score (nSPS) is 21.5. The van der Waals surface area contributed by atoms with Gasteiger partial charge < -0.3 is 15.4 Å². The van der Waals surface area contributed by atoms with Crippen molar-refractivity contribution in [3.8, 4) is 0 Å². The van der Waals surface area contributed by atoms with E-state index in [0.717, 1.165) is 37.2 Å². The average molecular weight is 266 g/mol. The van der Waals surface area contributed by atoms with E-state index in [0.29, 0.717) is 5.56 Å². The van der Waals surface area contributed by atoms with E-state index in [4.69, 9.17) is 10.5 Å². The predicted octanol–water partition coefficient (Wildman–Crippen LogP) is 2.77. The van der Waals surface area contributed by atoms with Crippen LogP contribution < -0.4 is 10.6 Å². The topological polar surface area (TPSA) is 38.5 Å². The Morgan fingerprint density at radius 3 is 2.84 bits per heavy atom. The first-order valence-corrected chi connectivity index (χ1v) is 6.86. The molecule has 3 nitrogen and oxygen atoms in total. The third-order valence-electron chi connectivity index (χ3n) is 3.85. The van der Waals surface area contributed by atoms with E-state index >= 15 is 0 Å². The molecule has 19 heavy (non-hydrogen) atoms. The Bertz CT molecular complexity index is 448. The van der Waals surface area contributed by atoms with E-state index in [1.807, 2.05) is 13.0 Å². The SMILES string of the molecule is COC1CCCN(c2cc(C)c(F)cc2[C@H](C)N)C1. The minimum absolute atomic E-state index is 0.173. The summed E-state index contributed by atoms with van der Waals surface area (Å²) in [6.45, 7) is 5.51. The molecule has 2 rings (SSSR count). The molecule has 1 aliphatic rings. The quantitative estimate of drug-likeness (QED) is 0.914. The Morgan fingerprint density at radius 2 is 2.21 bits per heavy atom. The van der Waals surface area contributed by atoms with Gasteiger partial charge in [0.1, 0.15) is 5.82 Å². The molecule has 1 aromatic rings. The van der Waals surface area contributed by atoms with Crippen molar-refractivity contribution in [2.75, 3.05) is 25.1 Å². The maximum atomic E-state index is 13.7. The van der Waals surface area contributed by atoms with Crippen LogP contribution in [-0.4, -0.2) is 26.3 Å². The summed E-state index contributed by atoms with van der Waals surface area (Å²) in [5, 5.41) is 0. The van der Waals surface area contributed by atoms with Crippen molar-refractivity contribution in [3.05, 3.63) is 29.1 Å². The van der Waals surface area contributed by atoms with Crippen LogP contribution in [0.25, 0.3) is 0 Å². The second kappa shape index (κ2) is 5.88. The van der Waals surface area contributed by atoms with E-state index in [9.17, 15) is 4.39 Å². The highest BCUT2D eigenvalue weighted by atomic mass is 19.1. The summed E-state index contributed by atoms with van der Waals surface area (Å²) < 4.78 is 19.2. The van der Waals surface area contributed by atoms with Crippen LogP contribution in [0.3, 0.4) is 0 Å². The number of methoxy groups -OCH3 is 1. The van der Waals surface area contributed by atoms with Crippen LogP contribution in [0.1, 0.15) is 36.9 Å². The molecular formula is C15H23FN2O. The van der Waals surface area contributed by atoms with Crippen molar-refractivity contribution in [2.45, 2.75) is 38.8 Å². The van der Waals surface area contributed by atoms with Crippen molar-refractivity contribution < 1.29 is 9.13 Å². The summed E-state index contributed by atoms with van der Waals surface area (Å²) >= 11 is 0. The molecule has 0 aliphatic carbocycles. The summed E-state index contributed by atoms with van der Waals surface area (Å²) in [5.41, 5.74) is 8.57. The number of rotatable bonds is 3. The van der Waals surface area contributed by atoms with Crippen molar-refractivity contribution in [1.29, 1.82) is 0 Å². The fourth-order valence-electron chi connectivity index (χ4n) is 2.67. The van der Waals surface area contributed by atoms with Crippen LogP contribution >= 0.6 is 0 Å². The van der Waals surface area contributed by atoms with E-state index in [2.05, 4.69) is 4.90 Å². The summed E-state index contributed by atoms with van der Waals surface area (Å²) in [6.07, 6.45) is 2.42. The van der Waals surface area contributed by atoms with Gasteiger partial charge in [0.05, 0.1) is 6.10 Å². The number of ether oxygens (including phenoxy) is 1. The number of anilines is 1. The van der Waals surface area contributed by atoms with Crippen molar-refractivity contribution in [2.24, 2.45) is 5.73 Å². The molecule has 0 bridgehead atoms. The van der Waals surface area contributed by atoms with Gasteiger partial charge in [0, 0.05) is 31.9 Å². The molecule has 1 unspecified atom stereocenters. The zero-order valence-electron chi connectivity index (χ0n) is 11.9. The van der Waals surface area contributed by atoms with E-state index in [1.165, 1.54) is 0 Å². The number of halogens is 1. The van der Waals surface area contributed by atoms with Gasteiger partial charge in [-0.1, -0.05) is 0 Å². The van der Waals surface area contributed by atoms with Gasteiger partial charge in [-0.2, -0.15) is 0 Å². The molecule has 0 radical (unpaired) electrons. The van der Waals surface area contributed by atoms with Gasteiger partial charge in [0.2, 0.25) is 0 Å². The molecule has 1 saturated heterocycles. The number of benzene rings is 1. The number of nitrogens with zero attached hydrogens (tertiary/aromatic N) is 1. The minimum Gasteiger partial charge on any atom is -0.380 e. The Morgan fingerprint density at radius 1 is 1.47 bits per heavy atom. The van der Waals surface area contributed by atoms with Crippen LogP contribution in [0, 0.1) is 12.7 Å². The summed E-state index contributed by atoms with van der Waals surface area (Å²) in [6, 6.07) is 3.31. The van der Waals surface area contributed by atoms with Crippen molar-refractivity contribution in [3.63, 3.8) is 0 Å². The first kappa shape index (κ1) is 14.3. The maximum absolute atomic E-state index is 13.7. The van der Waals surface area contributed by atoms with E-state index in [-0.39, 0.29) is 18.0 Å². The Balaban J connectivity index is 2.34. The number of aryl methyl sites for hydroxylation is 1. The second-order valence-corrected chi connectivity index (χ2v) is 5.39. The highest BCUT2D eigenvalue weighted by Crippen LogP contribution is 2.30. The van der Waals surface area contributed by atoms with Gasteiger partial charge in [-0.25, -0.2) is 4.39 Å². The van der Waals surface area contributed by atoms with Gasteiger partial charge in [0.15, 0.2) is 0 Å². The van der Waals surface area contributed by atoms with Crippen molar-refractivity contribution >= 4 is 5.69 Å². The average Bonchev–Trinajstić information content (AvgIpc) is 2.41. The zero-order valence-corrected chi connectivity index (χ0v) is 11.9. The van der Waals surface area contributed by atoms with Crippen LogP contribution in [-0.2, 0) is 4.74 Å². The molecule has 1 heterocycles. The van der Waals surface area contributed by atoms with Crippen LogP contribution in [0.2, 0.25) is 0 Å². The van der Waals surface area contributed by atoms with Gasteiger partial charge in [-0.15, -0.1) is 0 Å². The monoisotopic (exact) mass is 266 g/mol. The van der Waals surface area contributed by atoms with Crippen LogP contribution in [0.15, 0.2) is 12.1 Å². The van der Waals surface area contributed by atoms with Crippen LogP contribution in [0.4, 0.5) is 10.1 Å². The fourth-order valence-corrected chi connectivity index (χ4v) is 2.67. The van der Waals surface area contributed by atoms with Crippen molar-refractivity contribution in [1.82, 2.24) is 0 Å². The molecule has 0 aromatic heterocycles. The number of nitrogens with two attached hydrogens (primary N) is 1. The predicted molar refractivity (Wildman–Crippen MR) is 76.0 cm³/mol. The molecule has 0 saturated carbocycles. The number of hydrogen-bond donors (Lipinski definition) is 1. The molecule has 0 spiro atoms. The standard InChI is InChI=1S/C15H23FN2O/c1-10-7-15(13(11(2)17)8-14(10)16)18-6-4-5-12(9-18)19-3/h7-8,11-12H,4-6,9,17H2,1-3H3/t11-,12?/m0/s1. The van der Waals surface area contributed by atoms with E-state index in [1.54, 1.807) is 20.1 Å². The number of hydrogen-bond acceptors (Lipinski definition) is 3. The summed E-state index contributed by atoms with van der Waals surface area (Å²) in [4.78, 5) is 2.27. The minimum atomic E-state index is -0.184. The molecular weight excluding hydrogens is 243 g/mol. The molecule has 4 heteroatoms.